The molecule has 0 bridgehead atoms. The van der Waals surface area contributed by atoms with Gasteiger partial charge in [-0.2, -0.15) is 0 Å². The van der Waals surface area contributed by atoms with Crippen molar-refractivity contribution in [3.8, 4) is 11.5 Å². The van der Waals surface area contributed by atoms with Crippen LogP contribution in [0.3, 0.4) is 0 Å². The van der Waals surface area contributed by atoms with E-state index in [2.05, 4.69) is 12.2 Å². The Hall–Kier alpha value is -2.24. The number of carbonyl (C=O) groups excluding carboxylic acids is 1. The summed E-state index contributed by atoms with van der Waals surface area (Å²) in [4.78, 5) is 24.0. The van der Waals surface area contributed by atoms with E-state index in [4.69, 9.17) is 9.47 Å². The van der Waals surface area contributed by atoms with Crippen LogP contribution in [0.2, 0.25) is 0 Å². The first-order chi connectivity index (χ1) is 13.1. The van der Waals surface area contributed by atoms with E-state index in [-0.39, 0.29) is 5.91 Å². The summed E-state index contributed by atoms with van der Waals surface area (Å²) in [7, 11) is 1.59. The van der Waals surface area contributed by atoms with E-state index in [0.29, 0.717) is 37.5 Å². The number of aliphatic carboxylic acids is 1. The third kappa shape index (κ3) is 5.88. The first kappa shape index (κ1) is 21.1. The second-order valence-electron chi connectivity index (χ2n) is 7.06. The Balaban J connectivity index is 2.03. The summed E-state index contributed by atoms with van der Waals surface area (Å²) < 4.78 is 11.3. The van der Waals surface area contributed by atoms with Gasteiger partial charge in [-0.3, -0.25) is 9.59 Å². The largest absolute Gasteiger partial charge is 0.493 e. The monoisotopic (exact) mass is 377 g/mol. The lowest BCUT2D eigenvalue weighted by molar-refractivity contribution is -0.148. The number of rotatable bonds is 10. The van der Waals surface area contributed by atoms with Crippen molar-refractivity contribution < 1.29 is 24.2 Å². The fourth-order valence-electron chi connectivity index (χ4n) is 3.61. The third-order valence-electron chi connectivity index (χ3n) is 5.15. The van der Waals surface area contributed by atoms with Crippen molar-refractivity contribution in [1.29, 1.82) is 0 Å². The Labute approximate surface area is 161 Å². The molecule has 2 unspecified atom stereocenters. The highest BCUT2D eigenvalue weighted by atomic mass is 16.5. The number of methoxy groups -OCH3 is 1. The van der Waals surface area contributed by atoms with Crippen molar-refractivity contribution >= 4 is 11.9 Å². The Bertz CT molecular complexity index is 631. The molecule has 1 amide bonds. The number of carboxylic acids is 1. The van der Waals surface area contributed by atoms with Gasteiger partial charge >= 0.3 is 5.97 Å². The predicted octanol–water partition coefficient (Wildman–Crippen LogP) is 3.77. The molecule has 0 heterocycles. The summed E-state index contributed by atoms with van der Waals surface area (Å²) in [6.45, 7) is 3.03. The summed E-state index contributed by atoms with van der Waals surface area (Å²) >= 11 is 0. The second kappa shape index (κ2) is 10.8. The van der Waals surface area contributed by atoms with Gasteiger partial charge < -0.3 is 19.9 Å². The minimum Gasteiger partial charge on any atom is -0.493 e. The van der Waals surface area contributed by atoms with E-state index in [1.54, 1.807) is 7.11 Å². The van der Waals surface area contributed by atoms with E-state index in [1.165, 1.54) is 0 Å². The summed E-state index contributed by atoms with van der Waals surface area (Å²) in [6, 6.07) is 5.59. The molecule has 0 saturated heterocycles. The van der Waals surface area contributed by atoms with Crippen molar-refractivity contribution in [2.45, 2.75) is 58.4 Å². The van der Waals surface area contributed by atoms with Gasteiger partial charge in [0.15, 0.2) is 11.5 Å². The molecule has 0 spiro atoms. The molecule has 1 saturated carbocycles. The molecule has 0 aromatic heterocycles. The molecule has 2 N–H and O–H groups in total. The molecule has 27 heavy (non-hydrogen) atoms. The lowest BCUT2D eigenvalue weighted by Gasteiger charge is -2.27. The smallest absolute Gasteiger partial charge is 0.307 e. The van der Waals surface area contributed by atoms with Crippen LogP contribution in [-0.2, 0) is 16.1 Å². The van der Waals surface area contributed by atoms with Crippen molar-refractivity contribution in [2.75, 3.05) is 13.7 Å². The number of hydrogen-bond donors (Lipinski definition) is 2. The molecule has 1 fully saturated rings. The number of unbranched alkanes of at least 4 members (excludes halogenated alkanes) is 2. The van der Waals surface area contributed by atoms with E-state index in [1.807, 2.05) is 18.2 Å². The first-order valence-electron chi connectivity index (χ1n) is 9.87. The lowest BCUT2D eigenvalue weighted by atomic mass is 9.78. The number of amides is 1. The molecule has 1 aromatic carbocycles. The van der Waals surface area contributed by atoms with Crippen LogP contribution >= 0.6 is 0 Å². The number of para-hydroxylation sites is 1. The zero-order chi connectivity index (χ0) is 19.6. The number of carboxylic acid groups (broad SMARTS) is 1. The van der Waals surface area contributed by atoms with E-state index < -0.39 is 17.8 Å². The highest BCUT2D eigenvalue weighted by Gasteiger charge is 2.35. The molecule has 0 radical (unpaired) electrons. The number of nitrogens with one attached hydrogen (secondary N) is 1. The quantitative estimate of drug-likeness (QED) is 0.606. The SMILES string of the molecule is CCCCCOc1c(CNC(=O)C2CCCCC2C(=O)O)cccc1OC. The van der Waals surface area contributed by atoms with E-state index >= 15 is 0 Å². The van der Waals surface area contributed by atoms with Gasteiger partial charge in [0.25, 0.3) is 0 Å². The van der Waals surface area contributed by atoms with Crippen LogP contribution in [0.4, 0.5) is 0 Å². The van der Waals surface area contributed by atoms with Crippen LogP contribution in [0, 0.1) is 11.8 Å². The maximum Gasteiger partial charge on any atom is 0.307 e. The van der Waals surface area contributed by atoms with Gasteiger partial charge in [0.2, 0.25) is 5.91 Å². The molecular weight excluding hydrogens is 346 g/mol. The summed E-state index contributed by atoms with van der Waals surface area (Å²) in [5.41, 5.74) is 0.835. The highest BCUT2D eigenvalue weighted by molar-refractivity contribution is 5.84. The molecule has 2 atom stereocenters. The van der Waals surface area contributed by atoms with Gasteiger partial charge in [0.05, 0.1) is 25.6 Å². The average molecular weight is 377 g/mol. The molecule has 2 rings (SSSR count). The van der Waals surface area contributed by atoms with Gasteiger partial charge in [0.1, 0.15) is 0 Å². The number of hydrogen-bond acceptors (Lipinski definition) is 4. The standard InChI is InChI=1S/C21H31NO5/c1-3-4-7-13-27-19-15(9-8-12-18(19)26-2)14-22-20(23)16-10-5-6-11-17(16)21(24)25/h8-9,12,16-17H,3-7,10-11,13-14H2,1-2H3,(H,22,23)(H,24,25). The van der Waals surface area contributed by atoms with Crippen LogP contribution in [0.5, 0.6) is 11.5 Å². The third-order valence-corrected chi connectivity index (χ3v) is 5.15. The van der Waals surface area contributed by atoms with Crippen LogP contribution in [-0.4, -0.2) is 30.7 Å². The minimum atomic E-state index is -0.879. The molecule has 6 heteroatoms. The zero-order valence-corrected chi connectivity index (χ0v) is 16.3. The Morgan fingerprint density at radius 1 is 1.19 bits per heavy atom. The fourth-order valence-corrected chi connectivity index (χ4v) is 3.61. The van der Waals surface area contributed by atoms with E-state index in [9.17, 15) is 14.7 Å². The van der Waals surface area contributed by atoms with Crippen LogP contribution < -0.4 is 14.8 Å². The second-order valence-corrected chi connectivity index (χ2v) is 7.06. The Morgan fingerprint density at radius 2 is 1.93 bits per heavy atom. The molecule has 1 aromatic rings. The average Bonchev–Trinajstić information content (AvgIpc) is 2.69. The molecule has 1 aliphatic carbocycles. The van der Waals surface area contributed by atoms with Crippen molar-refractivity contribution in [3.63, 3.8) is 0 Å². The maximum atomic E-state index is 12.6. The lowest BCUT2D eigenvalue weighted by Crippen LogP contribution is -2.39. The normalized spacial score (nSPS) is 19.3. The van der Waals surface area contributed by atoms with Gasteiger partial charge in [-0.1, -0.05) is 44.7 Å². The molecular formula is C21H31NO5. The van der Waals surface area contributed by atoms with Crippen LogP contribution in [0.1, 0.15) is 57.4 Å². The summed E-state index contributed by atoms with van der Waals surface area (Å²) in [5.74, 6) is -0.836. The first-order valence-corrected chi connectivity index (χ1v) is 9.87. The van der Waals surface area contributed by atoms with Gasteiger partial charge in [-0.25, -0.2) is 0 Å². The van der Waals surface area contributed by atoms with Crippen molar-refractivity contribution in [1.82, 2.24) is 5.32 Å². The fraction of sp³-hybridized carbons (Fsp3) is 0.619. The zero-order valence-electron chi connectivity index (χ0n) is 16.3. The van der Waals surface area contributed by atoms with Crippen molar-refractivity contribution in [2.24, 2.45) is 11.8 Å². The van der Waals surface area contributed by atoms with Gasteiger partial charge in [0, 0.05) is 12.1 Å². The maximum absolute atomic E-state index is 12.6. The topological polar surface area (TPSA) is 84.9 Å². The van der Waals surface area contributed by atoms with E-state index in [0.717, 1.165) is 37.7 Å². The molecule has 0 aliphatic heterocycles. The Kier molecular flexibility index (Phi) is 8.43. The highest BCUT2D eigenvalue weighted by Crippen LogP contribution is 2.33. The molecule has 6 nitrogen and oxygen atoms in total. The number of benzene rings is 1. The molecule has 1 aliphatic rings. The van der Waals surface area contributed by atoms with Gasteiger partial charge in [-0.05, 0) is 25.3 Å². The summed E-state index contributed by atoms with van der Waals surface area (Å²) in [5, 5.41) is 12.3. The predicted molar refractivity (Wildman–Crippen MR) is 103 cm³/mol. The Morgan fingerprint density at radius 3 is 2.59 bits per heavy atom. The number of ether oxygens (including phenoxy) is 2. The minimum absolute atomic E-state index is 0.193. The number of carbonyl (C=O) groups is 2. The molecule has 150 valence electrons. The van der Waals surface area contributed by atoms with Crippen LogP contribution in [0.25, 0.3) is 0 Å². The van der Waals surface area contributed by atoms with Crippen molar-refractivity contribution in [3.05, 3.63) is 23.8 Å². The van der Waals surface area contributed by atoms with Gasteiger partial charge in [-0.15, -0.1) is 0 Å². The van der Waals surface area contributed by atoms with Crippen LogP contribution in [0.15, 0.2) is 18.2 Å². The summed E-state index contributed by atoms with van der Waals surface area (Å²) in [6.07, 6.45) is 6.13.